The standard InChI is InChI=1S/C15H25N3/c1-4-15(3)6-9-18(10-7-15)14-11-13(12(2)16)5-8-17-14/h5,8,11-12H,4,6-7,9-10,16H2,1-3H3/t12-/m1/s1. The Hall–Kier alpha value is -1.09. The fourth-order valence-electron chi connectivity index (χ4n) is 2.52. The molecule has 0 bridgehead atoms. The molecule has 1 aromatic rings. The first-order valence-electron chi connectivity index (χ1n) is 7.00. The van der Waals surface area contributed by atoms with Gasteiger partial charge in [-0.15, -0.1) is 0 Å². The Balaban J connectivity index is 2.07. The Bertz CT molecular complexity index is 392. The SMILES string of the molecule is CCC1(C)CCN(c2cc([C@@H](C)N)ccn2)CC1. The molecule has 2 heterocycles. The van der Waals surface area contributed by atoms with Gasteiger partial charge in [0.05, 0.1) is 0 Å². The molecule has 3 nitrogen and oxygen atoms in total. The van der Waals surface area contributed by atoms with Gasteiger partial charge in [0, 0.05) is 25.3 Å². The van der Waals surface area contributed by atoms with Crippen LogP contribution in [0, 0.1) is 5.41 Å². The zero-order valence-electron chi connectivity index (χ0n) is 11.8. The van der Waals surface area contributed by atoms with Gasteiger partial charge in [0.15, 0.2) is 0 Å². The maximum atomic E-state index is 5.93. The number of anilines is 1. The van der Waals surface area contributed by atoms with Crippen LogP contribution < -0.4 is 10.6 Å². The Labute approximate surface area is 110 Å². The zero-order chi connectivity index (χ0) is 13.2. The maximum absolute atomic E-state index is 5.93. The molecular formula is C15H25N3. The van der Waals surface area contributed by atoms with E-state index in [1.54, 1.807) is 0 Å². The number of nitrogens with two attached hydrogens (primary N) is 1. The van der Waals surface area contributed by atoms with Gasteiger partial charge in [-0.25, -0.2) is 4.98 Å². The molecule has 1 saturated heterocycles. The monoisotopic (exact) mass is 247 g/mol. The molecular weight excluding hydrogens is 222 g/mol. The molecule has 1 aromatic heterocycles. The normalized spacial score (nSPS) is 20.8. The third-order valence-corrected chi connectivity index (χ3v) is 4.44. The van der Waals surface area contributed by atoms with Crippen LogP contribution in [0.1, 0.15) is 51.6 Å². The van der Waals surface area contributed by atoms with Crippen LogP contribution in [-0.2, 0) is 0 Å². The lowest BCUT2D eigenvalue weighted by molar-refractivity contribution is 0.238. The Kier molecular flexibility index (Phi) is 3.91. The van der Waals surface area contributed by atoms with E-state index >= 15 is 0 Å². The molecule has 1 aliphatic heterocycles. The van der Waals surface area contributed by atoms with Crippen LogP contribution in [0.4, 0.5) is 5.82 Å². The summed E-state index contributed by atoms with van der Waals surface area (Å²) < 4.78 is 0. The highest BCUT2D eigenvalue weighted by Gasteiger charge is 2.28. The lowest BCUT2D eigenvalue weighted by atomic mass is 9.78. The number of hydrogen-bond acceptors (Lipinski definition) is 3. The van der Waals surface area contributed by atoms with Crippen molar-refractivity contribution in [3.05, 3.63) is 23.9 Å². The van der Waals surface area contributed by atoms with Gasteiger partial charge in [0.1, 0.15) is 5.82 Å². The molecule has 100 valence electrons. The zero-order valence-corrected chi connectivity index (χ0v) is 11.8. The quantitative estimate of drug-likeness (QED) is 0.892. The molecule has 0 spiro atoms. The molecule has 1 atom stereocenters. The molecule has 1 fully saturated rings. The summed E-state index contributed by atoms with van der Waals surface area (Å²) >= 11 is 0. The topological polar surface area (TPSA) is 42.1 Å². The molecule has 0 amide bonds. The van der Waals surface area contributed by atoms with E-state index in [4.69, 9.17) is 5.73 Å². The predicted octanol–water partition coefficient (Wildman–Crippen LogP) is 3.12. The van der Waals surface area contributed by atoms with Crippen molar-refractivity contribution in [2.75, 3.05) is 18.0 Å². The van der Waals surface area contributed by atoms with Crippen LogP contribution in [0.3, 0.4) is 0 Å². The van der Waals surface area contributed by atoms with Crippen molar-refractivity contribution in [3.8, 4) is 0 Å². The number of aromatic nitrogens is 1. The second-order valence-electron chi connectivity index (χ2n) is 5.89. The highest BCUT2D eigenvalue weighted by Crippen LogP contribution is 2.35. The highest BCUT2D eigenvalue weighted by molar-refractivity contribution is 5.42. The molecule has 0 unspecified atom stereocenters. The summed E-state index contributed by atoms with van der Waals surface area (Å²) in [5.41, 5.74) is 7.62. The summed E-state index contributed by atoms with van der Waals surface area (Å²) in [6.07, 6.45) is 5.66. The molecule has 0 aromatic carbocycles. The summed E-state index contributed by atoms with van der Waals surface area (Å²) in [6.45, 7) is 8.93. The second-order valence-corrected chi connectivity index (χ2v) is 5.89. The first-order valence-corrected chi connectivity index (χ1v) is 7.00. The van der Waals surface area contributed by atoms with Crippen LogP contribution in [-0.4, -0.2) is 18.1 Å². The van der Waals surface area contributed by atoms with E-state index in [9.17, 15) is 0 Å². The number of piperidine rings is 1. The fourth-order valence-corrected chi connectivity index (χ4v) is 2.52. The van der Waals surface area contributed by atoms with Gasteiger partial charge in [-0.05, 0) is 42.9 Å². The molecule has 2 N–H and O–H groups in total. The van der Waals surface area contributed by atoms with Crippen LogP contribution in [0.5, 0.6) is 0 Å². The van der Waals surface area contributed by atoms with Crippen molar-refractivity contribution in [2.24, 2.45) is 11.1 Å². The molecule has 3 heteroatoms. The first-order chi connectivity index (χ1) is 8.54. The second kappa shape index (κ2) is 5.27. The first kappa shape index (κ1) is 13.3. The molecule has 0 saturated carbocycles. The summed E-state index contributed by atoms with van der Waals surface area (Å²) in [5, 5.41) is 0. The van der Waals surface area contributed by atoms with E-state index in [0.29, 0.717) is 5.41 Å². The fraction of sp³-hybridized carbons (Fsp3) is 0.667. The number of nitrogens with zero attached hydrogens (tertiary/aromatic N) is 2. The summed E-state index contributed by atoms with van der Waals surface area (Å²) in [4.78, 5) is 6.88. The van der Waals surface area contributed by atoms with Gasteiger partial charge in [-0.2, -0.15) is 0 Å². The number of rotatable bonds is 3. The van der Waals surface area contributed by atoms with Crippen LogP contribution in [0.25, 0.3) is 0 Å². The Morgan fingerprint density at radius 2 is 2.11 bits per heavy atom. The van der Waals surface area contributed by atoms with E-state index in [2.05, 4.69) is 29.8 Å². The van der Waals surface area contributed by atoms with Crippen molar-refractivity contribution >= 4 is 5.82 Å². The largest absolute Gasteiger partial charge is 0.357 e. The van der Waals surface area contributed by atoms with Crippen molar-refractivity contribution in [2.45, 2.75) is 46.1 Å². The molecule has 0 radical (unpaired) electrons. The highest BCUT2D eigenvalue weighted by atomic mass is 15.2. The number of hydrogen-bond donors (Lipinski definition) is 1. The Morgan fingerprint density at radius 3 is 2.67 bits per heavy atom. The van der Waals surface area contributed by atoms with Gasteiger partial charge < -0.3 is 10.6 Å². The lowest BCUT2D eigenvalue weighted by Gasteiger charge is -2.39. The van der Waals surface area contributed by atoms with Crippen molar-refractivity contribution in [1.29, 1.82) is 0 Å². The van der Waals surface area contributed by atoms with Crippen LogP contribution in [0.2, 0.25) is 0 Å². The molecule has 2 rings (SSSR count). The Morgan fingerprint density at radius 1 is 1.44 bits per heavy atom. The molecule has 1 aliphatic rings. The van der Waals surface area contributed by atoms with Crippen LogP contribution >= 0.6 is 0 Å². The third-order valence-electron chi connectivity index (χ3n) is 4.44. The number of pyridine rings is 1. The van der Waals surface area contributed by atoms with Crippen LogP contribution in [0.15, 0.2) is 18.3 Å². The lowest BCUT2D eigenvalue weighted by Crippen LogP contribution is -2.38. The summed E-state index contributed by atoms with van der Waals surface area (Å²) in [6, 6.07) is 4.23. The van der Waals surface area contributed by atoms with Gasteiger partial charge in [0.25, 0.3) is 0 Å². The van der Waals surface area contributed by atoms with E-state index in [-0.39, 0.29) is 6.04 Å². The molecule has 0 aliphatic carbocycles. The minimum absolute atomic E-state index is 0.0810. The smallest absolute Gasteiger partial charge is 0.128 e. The van der Waals surface area contributed by atoms with Gasteiger partial charge >= 0.3 is 0 Å². The minimum Gasteiger partial charge on any atom is -0.357 e. The average Bonchev–Trinajstić information content (AvgIpc) is 2.40. The van der Waals surface area contributed by atoms with E-state index < -0.39 is 0 Å². The van der Waals surface area contributed by atoms with E-state index in [0.717, 1.165) is 18.9 Å². The van der Waals surface area contributed by atoms with Gasteiger partial charge in [0.2, 0.25) is 0 Å². The van der Waals surface area contributed by atoms with Crippen molar-refractivity contribution in [1.82, 2.24) is 4.98 Å². The van der Waals surface area contributed by atoms with E-state index in [1.165, 1.54) is 24.8 Å². The average molecular weight is 247 g/mol. The van der Waals surface area contributed by atoms with Gasteiger partial charge in [-0.1, -0.05) is 20.3 Å². The summed E-state index contributed by atoms with van der Waals surface area (Å²) in [5.74, 6) is 1.09. The summed E-state index contributed by atoms with van der Waals surface area (Å²) in [7, 11) is 0. The van der Waals surface area contributed by atoms with E-state index in [1.807, 2.05) is 19.2 Å². The molecule has 18 heavy (non-hydrogen) atoms. The predicted molar refractivity (Wildman–Crippen MR) is 76.7 cm³/mol. The van der Waals surface area contributed by atoms with Crippen molar-refractivity contribution in [3.63, 3.8) is 0 Å². The van der Waals surface area contributed by atoms with Crippen molar-refractivity contribution < 1.29 is 0 Å². The third kappa shape index (κ3) is 2.83. The minimum atomic E-state index is 0.0810. The van der Waals surface area contributed by atoms with Gasteiger partial charge in [-0.3, -0.25) is 0 Å². The maximum Gasteiger partial charge on any atom is 0.128 e.